The first-order valence-corrected chi connectivity index (χ1v) is 11.9. The third-order valence-electron chi connectivity index (χ3n) is 4.23. The molecule has 31 heavy (non-hydrogen) atoms. The summed E-state index contributed by atoms with van der Waals surface area (Å²) >= 11 is 14.9. The number of nitrogens with one attached hydrogen (secondary N) is 1. The molecule has 0 aliphatic rings. The number of carbonyl (C=O) groups excluding carboxylic acids is 1. The minimum absolute atomic E-state index is 0.154. The SMILES string of the molecule is CCn1c(COc2cc(Cl)ccc2Cl)nnc1SCC(=O)Nc1nc2ccccc2s1. The zero-order valence-electron chi connectivity index (χ0n) is 16.3. The third-order valence-corrected chi connectivity index (χ3v) is 6.70. The van der Waals surface area contributed by atoms with Gasteiger partial charge in [-0.2, -0.15) is 0 Å². The van der Waals surface area contributed by atoms with Crippen molar-refractivity contribution in [2.45, 2.75) is 25.2 Å². The van der Waals surface area contributed by atoms with E-state index in [9.17, 15) is 4.79 Å². The van der Waals surface area contributed by atoms with Crippen molar-refractivity contribution < 1.29 is 9.53 Å². The number of hydrogen-bond donors (Lipinski definition) is 1. The lowest BCUT2D eigenvalue weighted by Crippen LogP contribution is -2.14. The molecule has 0 atom stereocenters. The number of benzene rings is 2. The molecule has 2 aromatic heterocycles. The zero-order chi connectivity index (χ0) is 21.8. The first-order valence-electron chi connectivity index (χ1n) is 9.31. The van der Waals surface area contributed by atoms with Crippen LogP contribution >= 0.6 is 46.3 Å². The van der Waals surface area contributed by atoms with Gasteiger partial charge in [0.25, 0.3) is 0 Å². The standard InChI is InChI=1S/C20H17Cl2N5O2S2/c1-2-27-17(10-29-15-9-12(21)7-8-13(15)22)25-26-20(27)30-11-18(28)24-19-23-14-5-3-4-6-16(14)31-19/h3-9H,2,10-11H2,1H3,(H,23,24,28). The maximum Gasteiger partial charge on any atom is 0.236 e. The van der Waals surface area contributed by atoms with Crippen LogP contribution in [0.3, 0.4) is 0 Å². The average molecular weight is 494 g/mol. The number of halogens is 2. The molecule has 2 aromatic carbocycles. The van der Waals surface area contributed by atoms with E-state index < -0.39 is 0 Å². The monoisotopic (exact) mass is 493 g/mol. The second-order valence-electron chi connectivity index (χ2n) is 6.33. The van der Waals surface area contributed by atoms with Crippen LogP contribution < -0.4 is 10.1 Å². The molecule has 0 aliphatic heterocycles. The van der Waals surface area contributed by atoms with E-state index in [-0.39, 0.29) is 18.3 Å². The molecule has 1 amide bonds. The topological polar surface area (TPSA) is 81.9 Å². The molecule has 2 heterocycles. The van der Waals surface area contributed by atoms with Crippen LogP contribution in [0, 0.1) is 0 Å². The number of para-hydroxylation sites is 1. The summed E-state index contributed by atoms with van der Waals surface area (Å²) in [6.45, 7) is 2.79. The van der Waals surface area contributed by atoms with Crippen molar-refractivity contribution in [1.29, 1.82) is 0 Å². The number of anilines is 1. The summed E-state index contributed by atoms with van der Waals surface area (Å²) < 4.78 is 8.68. The normalized spacial score (nSPS) is 11.1. The maximum atomic E-state index is 12.4. The van der Waals surface area contributed by atoms with Gasteiger partial charge in [-0.3, -0.25) is 4.79 Å². The summed E-state index contributed by atoms with van der Waals surface area (Å²) in [7, 11) is 0. The van der Waals surface area contributed by atoms with Crippen molar-refractivity contribution in [3.63, 3.8) is 0 Å². The smallest absolute Gasteiger partial charge is 0.236 e. The Kier molecular flexibility index (Phi) is 6.96. The maximum absolute atomic E-state index is 12.4. The number of thiazole rings is 1. The van der Waals surface area contributed by atoms with Crippen LogP contribution in [0.2, 0.25) is 10.0 Å². The van der Waals surface area contributed by atoms with Gasteiger partial charge >= 0.3 is 0 Å². The number of thioether (sulfide) groups is 1. The van der Waals surface area contributed by atoms with Crippen LogP contribution in [0.1, 0.15) is 12.7 Å². The molecule has 7 nitrogen and oxygen atoms in total. The molecule has 160 valence electrons. The van der Waals surface area contributed by atoms with Crippen molar-refractivity contribution in [2.24, 2.45) is 0 Å². The molecule has 4 rings (SSSR count). The third kappa shape index (κ3) is 5.30. The van der Waals surface area contributed by atoms with Gasteiger partial charge in [0.1, 0.15) is 12.4 Å². The number of ether oxygens (including phenoxy) is 1. The van der Waals surface area contributed by atoms with Gasteiger partial charge in [-0.15, -0.1) is 10.2 Å². The summed E-state index contributed by atoms with van der Waals surface area (Å²) in [6, 6.07) is 12.8. The fraction of sp³-hybridized carbons (Fsp3) is 0.200. The first kappa shape index (κ1) is 21.9. The Labute approximate surface area is 196 Å². The second kappa shape index (κ2) is 9.86. The number of amides is 1. The first-order chi connectivity index (χ1) is 15.0. The molecule has 0 bridgehead atoms. The van der Waals surface area contributed by atoms with Crippen molar-refractivity contribution in [1.82, 2.24) is 19.7 Å². The van der Waals surface area contributed by atoms with Gasteiger partial charge in [0.15, 0.2) is 16.1 Å². The summed E-state index contributed by atoms with van der Waals surface area (Å²) in [5.74, 6) is 1.14. The Hall–Kier alpha value is -2.33. The number of hydrogen-bond acceptors (Lipinski definition) is 7. The van der Waals surface area contributed by atoms with Crippen LogP contribution in [-0.4, -0.2) is 31.4 Å². The fourth-order valence-corrected chi connectivity index (χ4v) is 4.83. The van der Waals surface area contributed by atoms with E-state index in [0.717, 1.165) is 10.2 Å². The Morgan fingerprint density at radius 3 is 2.87 bits per heavy atom. The molecule has 0 radical (unpaired) electrons. The highest BCUT2D eigenvalue weighted by molar-refractivity contribution is 7.99. The molecule has 0 spiro atoms. The number of nitrogens with zero attached hydrogens (tertiary/aromatic N) is 4. The predicted molar refractivity (Wildman–Crippen MR) is 125 cm³/mol. The van der Waals surface area contributed by atoms with Gasteiger partial charge in [-0.05, 0) is 31.2 Å². The van der Waals surface area contributed by atoms with Crippen LogP contribution in [0.25, 0.3) is 10.2 Å². The van der Waals surface area contributed by atoms with E-state index in [1.807, 2.05) is 35.8 Å². The van der Waals surface area contributed by atoms with Gasteiger partial charge in [-0.25, -0.2) is 4.98 Å². The minimum Gasteiger partial charge on any atom is -0.484 e. The highest BCUT2D eigenvalue weighted by Gasteiger charge is 2.15. The largest absolute Gasteiger partial charge is 0.484 e. The average Bonchev–Trinajstić information content (AvgIpc) is 3.35. The number of aromatic nitrogens is 4. The van der Waals surface area contributed by atoms with E-state index >= 15 is 0 Å². The van der Waals surface area contributed by atoms with Crippen LogP contribution in [-0.2, 0) is 17.9 Å². The molecule has 1 N–H and O–H groups in total. The van der Waals surface area contributed by atoms with E-state index in [1.165, 1.54) is 23.1 Å². The Morgan fingerprint density at radius 2 is 2.06 bits per heavy atom. The van der Waals surface area contributed by atoms with Crippen LogP contribution in [0.15, 0.2) is 47.6 Å². The fourth-order valence-electron chi connectivity index (χ4n) is 2.79. The number of fused-ring (bicyclic) bond motifs is 1. The highest BCUT2D eigenvalue weighted by Crippen LogP contribution is 2.29. The van der Waals surface area contributed by atoms with E-state index in [0.29, 0.717) is 38.5 Å². The lowest BCUT2D eigenvalue weighted by Gasteiger charge is -2.10. The molecule has 0 unspecified atom stereocenters. The van der Waals surface area contributed by atoms with E-state index in [4.69, 9.17) is 27.9 Å². The van der Waals surface area contributed by atoms with Crippen LogP contribution in [0.4, 0.5) is 5.13 Å². The van der Waals surface area contributed by atoms with Gasteiger partial charge in [0.05, 0.1) is 21.0 Å². The minimum atomic E-state index is -0.154. The predicted octanol–water partition coefficient (Wildman–Crippen LogP) is 5.52. The molecule has 0 saturated heterocycles. The molecule has 11 heteroatoms. The van der Waals surface area contributed by atoms with Gasteiger partial charge in [-0.1, -0.05) is 58.4 Å². The zero-order valence-corrected chi connectivity index (χ0v) is 19.5. The molecule has 0 saturated carbocycles. The highest BCUT2D eigenvalue weighted by atomic mass is 35.5. The molecular formula is C20H17Cl2N5O2S2. The lowest BCUT2D eigenvalue weighted by molar-refractivity contribution is -0.113. The van der Waals surface area contributed by atoms with Gasteiger partial charge < -0.3 is 14.6 Å². The van der Waals surface area contributed by atoms with Crippen molar-refractivity contribution >= 4 is 67.6 Å². The summed E-state index contributed by atoms with van der Waals surface area (Å²) in [5.41, 5.74) is 0.866. The number of carbonyl (C=O) groups is 1. The molecule has 0 fully saturated rings. The molecule has 0 aliphatic carbocycles. The molecular weight excluding hydrogens is 477 g/mol. The van der Waals surface area contributed by atoms with Crippen molar-refractivity contribution in [3.8, 4) is 5.75 Å². The second-order valence-corrected chi connectivity index (χ2v) is 9.15. The lowest BCUT2D eigenvalue weighted by atomic mass is 10.3. The van der Waals surface area contributed by atoms with Gasteiger partial charge in [0, 0.05) is 17.6 Å². The number of rotatable bonds is 8. The summed E-state index contributed by atoms with van der Waals surface area (Å²) in [5, 5.41) is 13.4. The quantitative estimate of drug-likeness (QED) is 0.325. The van der Waals surface area contributed by atoms with E-state index in [1.54, 1.807) is 18.2 Å². The molecule has 4 aromatic rings. The Bertz CT molecular complexity index is 1190. The summed E-state index contributed by atoms with van der Waals surface area (Å²) in [4.78, 5) is 16.8. The Morgan fingerprint density at radius 1 is 1.23 bits per heavy atom. The van der Waals surface area contributed by atoms with Crippen molar-refractivity contribution in [2.75, 3.05) is 11.1 Å². The Balaban J connectivity index is 1.36. The van der Waals surface area contributed by atoms with E-state index in [2.05, 4.69) is 20.5 Å². The van der Waals surface area contributed by atoms with Gasteiger partial charge in [0.2, 0.25) is 5.91 Å². The van der Waals surface area contributed by atoms with Crippen LogP contribution in [0.5, 0.6) is 5.75 Å². The summed E-state index contributed by atoms with van der Waals surface area (Å²) in [6.07, 6.45) is 0. The van der Waals surface area contributed by atoms with Crippen molar-refractivity contribution in [3.05, 3.63) is 58.3 Å².